The number of benzene rings is 2. The van der Waals surface area contributed by atoms with Gasteiger partial charge in [0.2, 0.25) is 11.8 Å². The predicted octanol–water partition coefficient (Wildman–Crippen LogP) is 3.96. The van der Waals surface area contributed by atoms with Gasteiger partial charge in [-0.2, -0.15) is 5.26 Å². The molecule has 2 aromatic carbocycles. The molecule has 0 aliphatic carbocycles. The second-order valence-corrected chi connectivity index (χ2v) is 5.76. The summed E-state index contributed by atoms with van der Waals surface area (Å²) in [4.78, 5) is 16.1. The first-order valence-electron chi connectivity index (χ1n) is 6.94. The second kappa shape index (κ2) is 6.55. The fraction of sp³-hybridized carbons (Fsp3) is 0.118. The van der Waals surface area contributed by atoms with Crippen LogP contribution in [0.1, 0.15) is 5.56 Å². The molecule has 23 heavy (non-hydrogen) atoms. The Kier molecular flexibility index (Phi) is 4.31. The number of rotatable bonds is 4. The van der Waals surface area contributed by atoms with Gasteiger partial charge in [-0.05, 0) is 49.0 Å². The van der Waals surface area contributed by atoms with Crippen LogP contribution in [0.5, 0.6) is 0 Å². The zero-order valence-corrected chi connectivity index (χ0v) is 13.2. The van der Waals surface area contributed by atoms with Crippen LogP contribution in [0.3, 0.4) is 0 Å². The molecule has 0 aliphatic heterocycles. The summed E-state index contributed by atoms with van der Waals surface area (Å²) in [6.45, 7) is 2.01. The first-order chi connectivity index (χ1) is 11.2. The van der Waals surface area contributed by atoms with E-state index in [2.05, 4.69) is 10.3 Å². The summed E-state index contributed by atoms with van der Waals surface area (Å²) in [6.07, 6.45) is 0. The van der Waals surface area contributed by atoms with Crippen molar-refractivity contribution in [3.05, 3.63) is 48.0 Å². The lowest BCUT2D eigenvalue weighted by molar-refractivity contribution is -0.113. The largest absolute Gasteiger partial charge is 0.436 e. The molecule has 0 spiro atoms. The molecule has 0 unspecified atom stereocenters. The van der Waals surface area contributed by atoms with E-state index in [0.29, 0.717) is 22.7 Å². The van der Waals surface area contributed by atoms with Crippen LogP contribution in [0.25, 0.3) is 22.6 Å². The molecular weight excluding hydrogens is 310 g/mol. The monoisotopic (exact) mass is 323 g/mol. The van der Waals surface area contributed by atoms with Crippen molar-refractivity contribution in [2.45, 2.75) is 6.92 Å². The number of nitrogens with zero attached hydrogens (tertiary/aromatic N) is 2. The van der Waals surface area contributed by atoms with Crippen LogP contribution in [0.15, 0.2) is 46.9 Å². The molecule has 1 aromatic heterocycles. The third kappa shape index (κ3) is 3.52. The second-order valence-electron chi connectivity index (χ2n) is 5.00. The van der Waals surface area contributed by atoms with Crippen LogP contribution in [0, 0.1) is 17.6 Å². The van der Waals surface area contributed by atoms with Crippen LogP contribution in [0.4, 0.5) is 5.69 Å². The fourth-order valence-corrected chi connectivity index (χ4v) is 2.47. The third-order valence-electron chi connectivity index (χ3n) is 3.20. The van der Waals surface area contributed by atoms with Gasteiger partial charge in [0.25, 0.3) is 0 Å². The lowest BCUT2D eigenvalue weighted by atomic mass is 10.1. The number of amides is 1. The molecule has 0 radical (unpaired) electrons. The van der Waals surface area contributed by atoms with Gasteiger partial charge in [0, 0.05) is 11.3 Å². The summed E-state index contributed by atoms with van der Waals surface area (Å²) < 4.78 is 5.76. The Morgan fingerprint density at radius 3 is 3.00 bits per heavy atom. The Hall–Kier alpha value is -2.78. The van der Waals surface area contributed by atoms with Gasteiger partial charge in [0.05, 0.1) is 5.75 Å². The van der Waals surface area contributed by atoms with Gasteiger partial charge in [-0.3, -0.25) is 4.79 Å². The number of thiocyanates is 1. The Bertz CT molecular complexity index is 912. The van der Waals surface area contributed by atoms with Crippen LogP contribution < -0.4 is 5.32 Å². The highest BCUT2D eigenvalue weighted by Gasteiger charge is 2.10. The number of hydrogen-bond donors (Lipinski definition) is 1. The third-order valence-corrected chi connectivity index (χ3v) is 3.74. The van der Waals surface area contributed by atoms with Gasteiger partial charge in [0.15, 0.2) is 5.58 Å². The Morgan fingerprint density at radius 2 is 2.22 bits per heavy atom. The number of nitriles is 1. The molecule has 114 valence electrons. The highest BCUT2D eigenvalue weighted by atomic mass is 32.2. The van der Waals surface area contributed by atoms with Gasteiger partial charge in [0.1, 0.15) is 10.9 Å². The summed E-state index contributed by atoms with van der Waals surface area (Å²) in [5.74, 6) is 0.424. The van der Waals surface area contributed by atoms with E-state index in [0.717, 1.165) is 22.9 Å². The lowest BCUT2D eigenvalue weighted by Gasteiger charge is -2.02. The number of hydrogen-bond acceptors (Lipinski definition) is 5. The van der Waals surface area contributed by atoms with Gasteiger partial charge in [-0.15, -0.1) is 0 Å². The Labute approximate surface area is 137 Å². The summed E-state index contributed by atoms with van der Waals surface area (Å²) >= 11 is 0.901. The molecule has 0 bridgehead atoms. The smallest absolute Gasteiger partial charge is 0.235 e. The van der Waals surface area contributed by atoms with E-state index >= 15 is 0 Å². The average Bonchev–Trinajstić information content (AvgIpc) is 2.96. The summed E-state index contributed by atoms with van der Waals surface area (Å²) in [5.41, 5.74) is 4.01. The number of oxazole rings is 1. The van der Waals surface area contributed by atoms with Crippen LogP contribution in [0.2, 0.25) is 0 Å². The predicted molar refractivity (Wildman–Crippen MR) is 90.9 cm³/mol. The number of carbonyl (C=O) groups is 1. The van der Waals surface area contributed by atoms with E-state index in [1.807, 2.05) is 36.6 Å². The molecule has 1 heterocycles. The SMILES string of the molecule is Cc1cccc(-c2nc3cc(NC(=O)CSC#N)ccc3o2)c1. The maximum atomic E-state index is 11.6. The maximum absolute atomic E-state index is 11.6. The number of fused-ring (bicyclic) bond motifs is 1. The van der Waals surface area contributed by atoms with Gasteiger partial charge < -0.3 is 9.73 Å². The van der Waals surface area contributed by atoms with Gasteiger partial charge in [-0.1, -0.05) is 17.7 Å². The normalized spacial score (nSPS) is 10.4. The Balaban J connectivity index is 1.86. The van der Waals surface area contributed by atoms with Crippen molar-refractivity contribution >= 4 is 34.5 Å². The molecule has 0 saturated carbocycles. The van der Waals surface area contributed by atoms with Crippen LogP contribution in [-0.2, 0) is 4.79 Å². The number of aryl methyl sites for hydroxylation is 1. The van der Waals surface area contributed by atoms with E-state index in [1.165, 1.54) is 0 Å². The molecule has 3 rings (SSSR count). The zero-order chi connectivity index (χ0) is 16.2. The molecule has 3 aromatic rings. The van der Waals surface area contributed by atoms with Crippen molar-refractivity contribution in [1.82, 2.24) is 4.98 Å². The van der Waals surface area contributed by atoms with Crippen molar-refractivity contribution in [1.29, 1.82) is 5.26 Å². The molecule has 1 amide bonds. The molecule has 5 nitrogen and oxygen atoms in total. The van der Waals surface area contributed by atoms with Crippen molar-refractivity contribution in [2.24, 2.45) is 0 Å². The summed E-state index contributed by atoms with van der Waals surface area (Å²) in [5, 5.41) is 13.1. The minimum Gasteiger partial charge on any atom is -0.436 e. The van der Waals surface area contributed by atoms with Crippen molar-refractivity contribution < 1.29 is 9.21 Å². The molecule has 0 atom stereocenters. The zero-order valence-electron chi connectivity index (χ0n) is 12.4. The summed E-state index contributed by atoms with van der Waals surface area (Å²) in [7, 11) is 0. The van der Waals surface area contributed by atoms with E-state index < -0.39 is 0 Å². The number of carbonyl (C=O) groups excluding carboxylic acids is 1. The first kappa shape index (κ1) is 15.1. The molecule has 0 fully saturated rings. The van der Waals surface area contributed by atoms with Crippen molar-refractivity contribution in [3.63, 3.8) is 0 Å². The van der Waals surface area contributed by atoms with Crippen molar-refractivity contribution in [3.8, 4) is 16.9 Å². The standard InChI is InChI=1S/C17H13N3O2S/c1-11-3-2-4-12(7-11)17-20-14-8-13(5-6-15(14)22-17)19-16(21)9-23-10-18/h2-8H,9H2,1H3,(H,19,21). The van der Waals surface area contributed by atoms with E-state index in [4.69, 9.17) is 9.68 Å². The van der Waals surface area contributed by atoms with Crippen molar-refractivity contribution in [2.75, 3.05) is 11.1 Å². The number of thioether (sulfide) groups is 1. The first-order valence-corrected chi connectivity index (χ1v) is 7.92. The maximum Gasteiger partial charge on any atom is 0.235 e. The fourth-order valence-electron chi connectivity index (χ4n) is 2.20. The summed E-state index contributed by atoms with van der Waals surface area (Å²) in [6, 6.07) is 13.2. The number of nitrogens with one attached hydrogen (secondary N) is 1. The minimum absolute atomic E-state index is 0.0991. The van der Waals surface area contributed by atoms with E-state index in [1.54, 1.807) is 18.2 Å². The molecule has 1 N–H and O–H groups in total. The van der Waals surface area contributed by atoms with Crippen LogP contribution >= 0.6 is 11.8 Å². The average molecular weight is 323 g/mol. The minimum atomic E-state index is -0.224. The molecule has 0 saturated heterocycles. The van der Waals surface area contributed by atoms with E-state index in [9.17, 15) is 4.79 Å². The number of anilines is 1. The molecular formula is C17H13N3O2S. The van der Waals surface area contributed by atoms with Crippen LogP contribution in [-0.4, -0.2) is 16.6 Å². The molecule has 6 heteroatoms. The quantitative estimate of drug-likeness (QED) is 0.735. The van der Waals surface area contributed by atoms with E-state index in [-0.39, 0.29) is 11.7 Å². The number of aromatic nitrogens is 1. The Morgan fingerprint density at radius 1 is 1.35 bits per heavy atom. The highest BCUT2D eigenvalue weighted by Crippen LogP contribution is 2.26. The lowest BCUT2D eigenvalue weighted by Crippen LogP contribution is -2.13. The van der Waals surface area contributed by atoms with Gasteiger partial charge >= 0.3 is 0 Å². The highest BCUT2D eigenvalue weighted by molar-refractivity contribution is 8.04. The topological polar surface area (TPSA) is 78.9 Å². The molecule has 0 aliphatic rings. The van der Waals surface area contributed by atoms with Gasteiger partial charge in [-0.25, -0.2) is 4.98 Å².